The Balaban J connectivity index is 2.01. The molecule has 0 aromatic heterocycles. The molecule has 0 bridgehead atoms. The average molecular weight is 314 g/mol. The van der Waals surface area contributed by atoms with Gasteiger partial charge in [0.05, 0.1) is 18.6 Å². The minimum absolute atomic E-state index is 0.145. The molecule has 0 aliphatic carbocycles. The quantitative estimate of drug-likeness (QED) is 0.746. The van der Waals surface area contributed by atoms with Gasteiger partial charge in [0.25, 0.3) is 0 Å². The van der Waals surface area contributed by atoms with Crippen LogP contribution in [0.4, 0.5) is 0 Å². The van der Waals surface area contributed by atoms with Crippen molar-refractivity contribution in [2.75, 3.05) is 6.61 Å². The van der Waals surface area contributed by atoms with Crippen LogP contribution in [-0.4, -0.2) is 6.61 Å². The van der Waals surface area contributed by atoms with Gasteiger partial charge in [-0.25, -0.2) is 0 Å². The summed E-state index contributed by atoms with van der Waals surface area (Å²) in [6, 6.07) is 14.2. The highest BCUT2D eigenvalue weighted by Gasteiger charge is 2.13. The average Bonchev–Trinajstić information content (AvgIpc) is 2.50. The lowest BCUT2D eigenvalue weighted by Gasteiger charge is -2.14. The standard InChI is InChI=1S/C19H20ClNO/c1-13-4-5-14(2)18(10-13)16(12-21)8-9-22-17-6-7-19(20)15(3)11-17/h4-7,10-11,16H,8-9H2,1-3H3. The lowest BCUT2D eigenvalue weighted by atomic mass is 9.92. The van der Waals surface area contributed by atoms with Crippen molar-refractivity contribution in [1.82, 2.24) is 0 Å². The van der Waals surface area contributed by atoms with E-state index in [1.807, 2.05) is 39.0 Å². The Hall–Kier alpha value is -1.98. The van der Waals surface area contributed by atoms with Crippen LogP contribution in [0.5, 0.6) is 5.75 Å². The number of nitriles is 1. The van der Waals surface area contributed by atoms with Gasteiger partial charge in [0.2, 0.25) is 0 Å². The van der Waals surface area contributed by atoms with E-state index in [1.54, 1.807) is 0 Å². The zero-order valence-electron chi connectivity index (χ0n) is 13.2. The normalized spacial score (nSPS) is 11.8. The van der Waals surface area contributed by atoms with Crippen molar-refractivity contribution in [2.45, 2.75) is 33.1 Å². The van der Waals surface area contributed by atoms with E-state index >= 15 is 0 Å². The van der Waals surface area contributed by atoms with Crippen LogP contribution >= 0.6 is 11.6 Å². The monoisotopic (exact) mass is 313 g/mol. The molecule has 2 aromatic rings. The fourth-order valence-electron chi connectivity index (χ4n) is 2.43. The summed E-state index contributed by atoms with van der Waals surface area (Å²) in [4.78, 5) is 0. The maximum atomic E-state index is 9.45. The van der Waals surface area contributed by atoms with Crippen molar-refractivity contribution in [3.05, 3.63) is 63.7 Å². The number of aryl methyl sites for hydroxylation is 3. The molecule has 0 aliphatic rings. The first-order valence-electron chi connectivity index (χ1n) is 7.37. The number of rotatable bonds is 5. The molecule has 2 aromatic carbocycles. The Morgan fingerprint density at radius 3 is 2.55 bits per heavy atom. The van der Waals surface area contributed by atoms with Crippen LogP contribution in [0.1, 0.15) is 34.6 Å². The second kappa shape index (κ2) is 7.33. The van der Waals surface area contributed by atoms with Crippen molar-refractivity contribution < 1.29 is 4.74 Å². The molecule has 22 heavy (non-hydrogen) atoms. The Morgan fingerprint density at radius 1 is 1.09 bits per heavy atom. The lowest BCUT2D eigenvalue weighted by molar-refractivity contribution is 0.305. The number of hydrogen-bond donors (Lipinski definition) is 0. The second-order valence-electron chi connectivity index (χ2n) is 5.59. The number of nitrogens with zero attached hydrogens (tertiary/aromatic N) is 1. The molecular weight excluding hydrogens is 294 g/mol. The van der Waals surface area contributed by atoms with Gasteiger partial charge in [0.1, 0.15) is 5.75 Å². The van der Waals surface area contributed by atoms with Crippen molar-refractivity contribution in [3.63, 3.8) is 0 Å². The number of hydrogen-bond acceptors (Lipinski definition) is 2. The number of benzene rings is 2. The smallest absolute Gasteiger partial charge is 0.119 e. The highest BCUT2D eigenvalue weighted by molar-refractivity contribution is 6.31. The third kappa shape index (κ3) is 4.02. The first kappa shape index (κ1) is 16.4. The van der Waals surface area contributed by atoms with Gasteiger partial charge in [-0.3, -0.25) is 0 Å². The van der Waals surface area contributed by atoms with Gasteiger partial charge in [-0.15, -0.1) is 0 Å². The van der Waals surface area contributed by atoms with Crippen molar-refractivity contribution >= 4 is 11.6 Å². The van der Waals surface area contributed by atoms with Gasteiger partial charge >= 0.3 is 0 Å². The summed E-state index contributed by atoms with van der Waals surface area (Å²) >= 11 is 6.00. The van der Waals surface area contributed by atoms with Crippen LogP contribution in [0.2, 0.25) is 5.02 Å². The van der Waals surface area contributed by atoms with Gasteiger partial charge in [-0.1, -0.05) is 35.4 Å². The summed E-state index contributed by atoms with van der Waals surface area (Å²) in [5, 5.41) is 10.2. The maximum Gasteiger partial charge on any atom is 0.119 e. The summed E-state index contributed by atoms with van der Waals surface area (Å²) in [7, 11) is 0. The van der Waals surface area contributed by atoms with E-state index in [0.717, 1.165) is 27.5 Å². The van der Waals surface area contributed by atoms with Crippen LogP contribution in [0.15, 0.2) is 36.4 Å². The zero-order chi connectivity index (χ0) is 16.1. The molecule has 0 heterocycles. The molecular formula is C19H20ClNO. The van der Waals surface area contributed by atoms with Crippen LogP contribution in [-0.2, 0) is 0 Å². The first-order chi connectivity index (χ1) is 10.5. The molecule has 114 valence electrons. The molecule has 0 N–H and O–H groups in total. The summed E-state index contributed by atoms with van der Waals surface area (Å²) in [6.45, 7) is 6.54. The number of ether oxygens (including phenoxy) is 1. The fraction of sp³-hybridized carbons (Fsp3) is 0.316. The van der Waals surface area contributed by atoms with Gasteiger partial charge in [0, 0.05) is 11.4 Å². The minimum Gasteiger partial charge on any atom is -0.494 e. The van der Waals surface area contributed by atoms with E-state index < -0.39 is 0 Å². The van der Waals surface area contributed by atoms with Crippen molar-refractivity contribution in [3.8, 4) is 11.8 Å². The first-order valence-corrected chi connectivity index (χ1v) is 7.75. The molecule has 0 saturated carbocycles. The molecule has 2 nitrogen and oxygen atoms in total. The van der Waals surface area contributed by atoms with E-state index in [-0.39, 0.29) is 5.92 Å². The predicted octanol–water partition coefficient (Wildman–Crippen LogP) is 5.34. The Kier molecular flexibility index (Phi) is 5.46. The summed E-state index contributed by atoms with van der Waals surface area (Å²) in [5.41, 5.74) is 4.42. The summed E-state index contributed by atoms with van der Waals surface area (Å²) in [6.07, 6.45) is 0.669. The highest BCUT2D eigenvalue weighted by Crippen LogP contribution is 2.25. The van der Waals surface area contributed by atoms with Crippen molar-refractivity contribution in [1.29, 1.82) is 5.26 Å². The Labute approximate surface area is 137 Å². The van der Waals surface area contributed by atoms with Crippen molar-refractivity contribution in [2.24, 2.45) is 0 Å². The largest absolute Gasteiger partial charge is 0.494 e. The molecule has 1 atom stereocenters. The fourth-order valence-corrected chi connectivity index (χ4v) is 2.54. The Morgan fingerprint density at radius 2 is 1.86 bits per heavy atom. The predicted molar refractivity (Wildman–Crippen MR) is 90.6 cm³/mol. The maximum absolute atomic E-state index is 9.45. The number of halogens is 1. The Bertz CT molecular complexity index is 703. The van der Waals surface area contributed by atoms with Crippen LogP contribution in [0.3, 0.4) is 0 Å². The minimum atomic E-state index is -0.145. The van der Waals surface area contributed by atoms with E-state index in [0.29, 0.717) is 13.0 Å². The third-order valence-electron chi connectivity index (χ3n) is 3.77. The van der Waals surface area contributed by atoms with Gasteiger partial charge in [0.15, 0.2) is 0 Å². The van der Waals surface area contributed by atoms with Gasteiger partial charge in [-0.2, -0.15) is 5.26 Å². The zero-order valence-corrected chi connectivity index (χ0v) is 13.9. The summed E-state index contributed by atoms with van der Waals surface area (Å²) in [5.74, 6) is 0.646. The van der Waals surface area contributed by atoms with Crippen LogP contribution < -0.4 is 4.74 Å². The third-order valence-corrected chi connectivity index (χ3v) is 4.19. The molecule has 0 spiro atoms. The lowest BCUT2D eigenvalue weighted by Crippen LogP contribution is -2.06. The van der Waals surface area contributed by atoms with Crippen LogP contribution in [0, 0.1) is 32.1 Å². The second-order valence-corrected chi connectivity index (χ2v) is 6.00. The van der Waals surface area contributed by atoms with E-state index in [1.165, 1.54) is 5.56 Å². The molecule has 0 saturated heterocycles. The SMILES string of the molecule is Cc1ccc(C)c(C(C#N)CCOc2ccc(Cl)c(C)c2)c1. The molecule has 2 rings (SSSR count). The summed E-state index contributed by atoms with van der Waals surface area (Å²) < 4.78 is 5.76. The van der Waals surface area contributed by atoms with E-state index in [4.69, 9.17) is 16.3 Å². The van der Waals surface area contributed by atoms with E-state index in [9.17, 15) is 5.26 Å². The molecule has 0 amide bonds. The molecule has 0 radical (unpaired) electrons. The topological polar surface area (TPSA) is 33.0 Å². The van der Waals surface area contributed by atoms with Gasteiger partial charge in [-0.05, 0) is 55.7 Å². The molecule has 3 heteroatoms. The molecule has 1 unspecified atom stereocenters. The molecule has 0 fully saturated rings. The molecule has 0 aliphatic heterocycles. The highest BCUT2D eigenvalue weighted by atomic mass is 35.5. The van der Waals surface area contributed by atoms with E-state index in [2.05, 4.69) is 24.3 Å². The van der Waals surface area contributed by atoms with Gasteiger partial charge < -0.3 is 4.74 Å². The van der Waals surface area contributed by atoms with Crippen LogP contribution in [0.25, 0.3) is 0 Å².